The van der Waals surface area contributed by atoms with Crippen LogP contribution in [0.5, 0.6) is 5.75 Å². The normalized spacial score (nSPS) is 32.0. The van der Waals surface area contributed by atoms with Crippen molar-refractivity contribution in [2.75, 3.05) is 26.7 Å². The zero-order valence-corrected chi connectivity index (χ0v) is 10.9. The standard InChI is InChI=1S/C15H21NO2/c1-16-8-7-15(17,11-16)10-12-6-9-18-14-5-3-2-4-13(12)14/h2-5,12,17H,6-11H2,1H3. The molecule has 1 fully saturated rings. The van der Waals surface area contributed by atoms with Gasteiger partial charge in [-0.2, -0.15) is 0 Å². The Bertz CT molecular complexity index is 434. The Morgan fingerprint density at radius 1 is 1.44 bits per heavy atom. The molecule has 2 aliphatic heterocycles. The van der Waals surface area contributed by atoms with Crippen molar-refractivity contribution in [2.45, 2.75) is 30.8 Å². The van der Waals surface area contributed by atoms with Gasteiger partial charge in [0.2, 0.25) is 0 Å². The van der Waals surface area contributed by atoms with E-state index in [1.54, 1.807) is 0 Å². The third-order valence-electron chi connectivity index (χ3n) is 4.23. The molecule has 0 bridgehead atoms. The van der Waals surface area contributed by atoms with Gasteiger partial charge in [0.1, 0.15) is 5.75 Å². The molecule has 0 radical (unpaired) electrons. The number of hydrogen-bond donors (Lipinski definition) is 1. The zero-order valence-electron chi connectivity index (χ0n) is 10.9. The van der Waals surface area contributed by atoms with E-state index in [-0.39, 0.29) is 0 Å². The summed E-state index contributed by atoms with van der Waals surface area (Å²) in [6.45, 7) is 2.57. The van der Waals surface area contributed by atoms with E-state index in [2.05, 4.69) is 24.1 Å². The van der Waals surface area contributed by atoms with Gasteiger partial charge >= 0.3 is 0 Å². The number of nitrogens with zero attached hydrogens (tertiary/aromatic N) is 1. The maximum atomic E-state index is 10.7. The smallest absolute Gasteiger partial charge is 0.122 e. The van der Waals surface area contributed by atoms with Crippen LogP contribution in [0, 0.1) is 0 Å². The fraction of sp³-hybridized carbons (Fsp3) is 0.600. The van der Waals surface area contributed by atoms with Crippen LogP contribution in [0.1, 0.15) is 30.7 Å². The third-order valence-corrected chi connectivity index (χ3v) is 4.23. The Morgan fingerprint density at radius 2 is 2.28 bits per heavy atom. The second kappa shape index (κ2) is 4.56. The average Bonchev–Trinajstić information content (AvgIpc) is 2.70. The van der Waals surface area contributed by atoms with Crippen molar-refractivity contribution in [2.24, 2.45) is 0 Å². The fourth-order valence-electron chi connectivity index (χ4n) is 3.31. The molecule has 1 N–H and O–H groups in total. The quantitative estimate of drug-likeness (QED) is 0.867. The summed E-state index contributed by atoms with van der Waals surface area (Å²) in [5.74, 6) is 1.44. The summed E-state index contributed by atoms with van der Waals surface area (Å²) in [6.07, 6.45) is 2.77. The summed E-state index contributed by atoms with van der Waals surface area (Å²) in [6, 6.07) is 8.25. The number of fused-ring (bicyclic) bond motifs is 1. The first-order valence-electron chi connectivity index (χ1n) is 6.79. The number of likely N-dealkylation sites (tertiary alicyclic amines) is 1. The van der Waals surface area contributed by atoms with E-state index in [0.717, 1.165) is 44.7 Å². The lowest BCUT2D eigenvalue weighted by molar-refractivity contribution is 0.0316. The van der Waals surface area contributed by atoms with Gasteiger partial charge in [-0.1, -0.05) is 18.2 Å². The molecular weight excluding hydrogens is 226 g/mol. The highest BCUT2D eigenvalue weighted by atomic mass is 16.5. The molecule has 0 saturated carbocycles. The molecule has 0 aliphatic carbocycles. The monoisotopic (exact) mass is 247 g/mol. The number of β-amino-alcohol motifs (C(OH)–C–C–N with tert-alkyl or cyclic N) is 1. The van der Waals surface area contributed by atoms with Gasteiger partial charge in [0.15, 0.2) is 0 Å². The van der Waals surface area contributed by atoms with Gasteiger partial charge < -0.3 is 14.7 Å². The van der Waals surface area contributed by atoms with Gasteiger partial charge in [-0.15, -0.1) is 0 Å². The highest BCUT2D eigenvalue weighted by molar-refractivity contribution is 5.38. The summed E-state index contributed by atoms with van der Waals surface area (Å²) in [5, 5.41) is 10.7. The van der Waals surface area contributed by atoms with Crippen LogP contribution in [0.2, 0.25) is 0 Å². The Kier molecular flexibility index (Phi) is 3.04. The Hall–Kier alpha value is -1.06. The molecule has 2 atom stereocenters. The topological polar surface area (TPSA) is 32.7 Å². The molecule has 1 aromatic carbocycles. The maximum Gasteiger partial charge on any atom is 0.122 e. The van der Waals surface area contributed by atoms with E-state index in [1.807, 2.05) is 12.1 Å². The van der Waals surface area contributed by atoms with Crippen LogP contribution in [0.4, 0.5) is 0 Å². The molecule has 2 heterocycles. The van der Waals surface area contributed by atoms with Gasteiger partial charge in [0, 0.05) is 13.1 Å². The van der Waals surface area contributed by atoms with Gasteiger partial charge in [-0.3, -0.25) is 0 Å². The lowest BCUT2D eigenvalue weighted by Crippen LogP contribution is -2.34. The summed E-state index contributed by atoms with van der Waals surface area (Å²) < 4.78 is 5.68. The van der Waals surface area contributed by atoms with Crippen LogP contribution < -0.4 is 4.74 Å². The first kappa shape index (κ1) is 12.0. The molecule has 2 aliphatic rings. The number of ether oxygens (including phenoxy) is 1. The van der Waals surface area contributed by atoms with Crippen LogP contribution in [0.25, 0.3) is 0 Å². The minimum atomic E-state index is -0.510. The van der Waals surface area contributed by atoms with Crippen molar-refractivity contribution in [1.82, 2.24) is 4.90 Å². The van der Waals surface area contributed by atoms with E-state index in [4.69, 9.17) is 4.74 Å². The van der Waals surface area contributed by atoms with Crippen molar-refractivity contribution in [1.29, 1.82) is 0 Å². The third kappa shape index (κ3) is 2.25. The average molecular weight is 247 g/mol. The Balaban J connectivity index is 1.78. The first-order valence-corrected chi connectivity index (χ1v) is 6.79. The molecule has 1 aromatic rings. The van der Waals surface area contributed by atoms with Crippen molar-refractivity contribution < 1.29 is 9.84 Å². The first-order chi connectivity index (χ1) is 8.66. The molecule has 0 aromatic heterocycles. The number of benzene rings is 1. The zero-order chi connectivity index (χ0) is 12.6. The van der Waals surface area contributed by atoms with E-state index < -0.39 is 5.60 Å². The molecule has 3 nitrogen and oxygen atoms in total. The fourth-order valence-corrected chi connectivity index (χ4v) is 3.31. The van der Waals surface area contributed by atoms with E-state index >= 15 is 0 Å². The number of rotatable bonds is 2. The van der Waals surface area contributed by atoms with E-state index in [1.165, 1.54) is 5.56 Å². The number of para-hydroxylation sites is 1. The van der Waals surface area contributed by atoms with Crippen LogP contribution in [0.15, 0.2) is 24.3 Å². The molecule has 1 saturated heterocycles. The van der Waals surface area contributed by atoms with Crippen molar-refractivity contribution in [3.8, 4) is 5.75 Å². The van der Waals surface area contributed by atoms with Crippen LogP contribution >= 0.6 is 0 Å². The van der Waals surface area contributed by atoms with Gasteiger partial charge in [0.05, 0.1) is 12.2 Å². The predicted molar refractivity (Wildman–Crippen MR) is 71.0 cm³/mol. The summed E-state index contributed by atoms with van der Waals surface area (Å²) in [7, 11) is 2.08. The summed E-state index contributed by atoms with van der Waals surface area (Å²) in [5.41, 5.74) is 0.760. The Labute approximate surface area is 108 Å². The minimum Gasteiger partial charge on any atom is -0.493 e. The van der Waals surface area contributed by atoms with Gasteiger partial charge in [-0.25, -0.2) is 0 Å². The molecule has 3 heteroatoms. The molecule has 98 valence electrons. The summed E-state index contributed by atoms with van der Waals surface area (Å²) in [4.78, 5) is 2.21. The van der Waals surface area contributed by atoms with Crippen LogP contribution in [-0.2, 0) is 0 Å². The van der Waals surface area contributed by atoms with Crippen molar-refractivity contribution >= 4 is 0 Å². The van der Waals surface area contributed by atoms with Crippen LogP contribution in [-0.4, -0.2) is 42.4 Å². The predicted octanol–water partition coefficient (Wildman–Crippen LogP) is 2.01. The van der Waals surface area contributed by atoms with Gasteiger partial charge in [0.25, 0.3) is 0 Å². The SMILES string of the molecule is CN1CCC(O)(CC2CCOc3ccccc32)C1. The second-order valence-electron chi connectivity index (χ2n) is 5.79. The highest BCUT2D eigenvalue weighted by Crippen LogP contribution is 2.40. The number of hydrogen-bond acceptors (Lipinski definition) is 3. The molecule has 18 heavy (non-hydrogen) atoms. The second-order valence-corrected chi connectivity index (χ2v) is 5.79. The summed E-state index contributed by atoms with van der Waals surface area (Å²) >= 11 is 0. The Morgan fingerprint density at radius 3 is 3.06 bits per heavy atom. The molecule has 2 unspecified atom stereocenters. The van der Waals surface area contributed by atoms with Gasteiger partial charge in [-0.05, 0) is 43.9 Å². The molecule has 0 amide bonds. The van der Waals surface area contributed by atoms with Crippen molar-refractivity contribution in [3.63, 3.8) is 0 Å². The van der Waals surface area contributed by atoms with E-state index in [0.29, 0.717) is 5.92 Å². The lowest BCUT2D eigenvalue weighted by Gasteiger charge is -2.32. The highest BCUT2D eigenvalue weighted by Gasteiger charge is 2.38. The molecular formula is C15H21NO2. The number of aliphatic hydroxyl groups is 1. The molecule has 3 rings (SSSR count). The maximum absolute atomic E-state index is 10.7. The lowest BCUT2D eigenvalue weighted by atomic mass is 9.82. The van der Waals surface area contributed by atoms with Crippen LogP contribution in [0.3, 0.4) is 0 Å². The van der Waals surface area contributed by atoms with E-state index in [9.17, 15) is 5.11 Å². The number of likely N-dealkylation sites (N-methyl/N-ethyl adjacent to an activating group) is 1. The largest absolute Gasteiger partial charge is 0.493 e. The van der Waals surface area contributed by atoms with Crippen molar-refractivity contribution in [3.05, 3.63) is 29.8 Å². The molecule has 0 spiro atoms. The minimum absolute atomic E-state index is 0.437.